The lowest BCUT2D eigenvalue weighted by Crippen LogP contribution is -2.37. The molecule has 1 saturated heterocycles. The second kappa shape index (κ2) is 5.61. The van der Waals surface area contributed by atoms with Crippen molar-refractivity contribution < 1.29 is 9.47 Å². The minimum Gasteiger partial charge on any atom is -0.376 e. The van der Waals surface area contributed by atoms with E-state index < -0.39 is 0 Å². The largest absolute Gasteiger partial charge is 0.376 e. The van der Waals surface area contributed by atoms with E-state index in [9.17, 15) is 0 Å². The maximum Gasteiger partial charge on any atom is 0.104 e. The number of aryl methyl sites for hydroxylation is 1. The first-order valence-electron chi connectivity index (χ1n) is 5.30. The summed E-state index contributed by atoms with van der Waals surface area (Å²) in [5, 5.41) is 3.36. The van der Waals surface area contributed by atoms with Gasteiger partial charge in [-0.15, -0.1) is 11.3 Å². The van der Waals surface area contributed by atoms with Gasteiger partial charge in [-0.05, 0) is 19.1 Å². The lowest BCUT2D eigenvalue weighted by molar-refractivity contribution is -0.128. The van der Waals surface area contributed by atoms with Crippen LogP contribution in [0.1, 0.15) is 9.75 Å². The third-order valence-corrected chi connectivity index (χ3v) is 3.34. The van der Waals surface area contributed by atoms with Crippen molar-refractivity contribution in [2.45, 2.75) is 19.6 Å². The zero-order chi connectivity index (χ0) is 10.5. The van der Waals surface area contributed by atoms with Gasteiger partial charge in [0, 0.05) is 22.8 Å². The van der Waals surface area contributed by atoms with Crippen molar-refractivity contribution in [3.8, 4) is 0 Å². The van der Waals surface area contributed by atoms with Gasteiger partial charge in [-0.3, -0.25) is 0 Å². The Hall–Kier alpha value is -0.420. The zero-order valence-corrected chi connectivity index (χ0v) is 9.81. The molecule has 1 aromatic heterocycles. The molecule has 1 aromatic rings. The molecule has 0 amide bonds. The quantitative estimate of drug-likeness (QED) is 0.748. The number of rotatable bonds is 6. The summed E-state index contributed by atoms with van der Waals surface area (Å²) >= 11 is 1.84. The van der Waals surface area contributed by atoms with Gasteiger partial charge in [0.15, 0.2) is 0 Å². The summed E-state index contributed by atoms with van der Waals surface area (Å²) in [7, 11) is 0. The summed E-state index contributed by atoms with van der Waals surface area (Å²) in [4.78, 5) is 2.76. The Kier molecular flexibility index (Phi) is 4.14. The molecule has 0 radical (unpaired) electrons. The molecule has 1 fully saturated rings. The third-order valence-electron chi connectivity index (χ3n) is 2.34. The van der Waals surface area contributed by atoms with E-state index in [0.29, 0.717) is 6.10 Å². The Balaban J connectivity index is 1.51. The Morgan fingerprint density at radius 1 is 1.53 bits per heavy atom. The maximum absolute atomic E-state index is 5.54. The van der Waals surface area contributed by atoms with E-state index in [1.54, 1.807) is 0 Å². The van der Waals surface area contributed by atoms with Gasteiger partial charge in [0.2, 0.25) is 0 Å². The smallest absolute Gasteiger partial charge is 0.104 e. The lowest BCUT2D eigenvalue weighted by atomic mass is 10.3. The van der Waals surface area contributed by atoms with Crippen LogP contribution in [0.4, 0.5) is 0 Å². The van der Waals surface area contributed by atoms with Crippen LogP contribution in [0.2, 0.25) is 0 Å². The van der Waals surface area contributed by atoms with Crippen molar-refractivity contribution in [1.82, 2.24) is 5.32 Å². The Morgan fingerprint density at radius 3 is 3.00 bits per heavy atom. The average Bonchev–Trinajstić information content (AvgIpc) is 2.54. The van der Waals surface area contributed by atoms with Crippen LogP contribution in [0.25, 0.3) is 0 Å². The van der Waals surface area contributed by atoms with Crippen LogP contribution < -0.4 is 5.32 Å². The molecule has 2 rings (SSSR count). The standard InChI is InChI=1S/C11H17NO2S/c1-9-2-3-11(15-9)6-12-4-5-14-10-7-13-8-10/h2-3,10,12H,4-8H2,1H3. The van der Waals surface area contributed by atoms with Gasteiger partial charge in [0.05, 0.1) is 19.8 Å². The minimum atomic E-state index is 0.343. The number of ether oxygens (including phenoxy) is 2. The van der Waals surface area contributed by atoms with Crippen LogP contribution in [-0.2, 0) is 16.0 Å². The molecule has 0 aromatic carbocycles. The van der Waals surface area contributed by atoms with Gasteiger partial charge in [-0.1, -0.05) is 0 Å². The van der Waals surface area contributed by atoms with Crippen LogP contribution in [0.15, 0.2) is 12.1 Å². The highest BCUT2D eigenvalue weighted by Crippen LogP contribution is 2.14. The fourth-order valence-electron chi connectivity index (χ4n) is 1.40. The molecule has 1 aliphatic rings. The summed E-state index contributed by atoms with van der Waals surface area (Å²) in [5.74, 6) is 0. The molecule has 84 valence electrons. The summed E-state index contributed by atoms with van der Waals surface area (Å²) in [6.45, 7) is 6.30. The van der Waals surface area contributed by atoms with Crippen molar-refractivity contribution in [3.63, 3.8) is 0 Å². The highest BCUT2D eigenvalue weighted by molar-refractivity contribution is 7.11. The van der Waals surface area contributed by atoms with Gasteiger partial charge in [-0.25, -0.2) is 0 Å². The Bertz CT molecular complexity index is 297. The number of thiophene rings is 1. The Morgan fingerprint density at radius 2 is 2.40 bits per heavy atom. The molecule has 0 bridgehead atoms. The van der Waals surface area contributed by atoms with Gasteiger partial charge >= 0.3 is 0 Å². The fraction of sp³-hybridized carbons (Fsp3) is 0.636. The predicted molar refractivity (Wildman–Crippen MR) is 61.3 cm³/mol. The molecule has 1 N–H and O–H groups in total. The van der Waals surface area contributed by atoms with Crippen molar-refractivity contribution in [2.75, 3.05) is 26.4 Å². The normalized spacial score (nSPS) is 16.6. The molecule has 2 heterocycles. The monoisotopic (exact) mass is 227 g/mol. The van der Waals surface area contributed by atoms with Crippen molar-refractivity contribution in [3.05, 3.63) is 21.9 Å². The molecule has 3 nitrogen and oxygen atoms in total. The lowest BCUT2D eigenvalue weighted by Gasteiger charge is -2.25. The minimum absolute atomic E-state index is 0.343. The second-order valence-corrected chi connectivity index (χ2v) is 5.09. The van der Waals surface area contributed by atoms with E-state index in [2.05, 4.69) is 24.4 Å². The summed E-state index contributed by atoms with van der Waals surface area (Å²) in [6, 6.07) is 4.33. The summed E-state index contributed by atoms with van der Waals surface area (Å²) in [6.07, 6.45) is 0.343. The van der Waals surface area contributed by atoms with E-state index in [0.717, 1.165) is 32.9 Å². The van der Waals surface area contributed by atoms with Gasteiger partial charge in [0.1, 0.15) is 6.10 Å². The number of nitrogens with one attached hydrogen (secondary N) is 1. The van der Waals surface area contributed by atoms with E-state index in [1.165, 1.54) is 9.75 Å². The van der Waals surface area contributed by atoms with Gasteiger partial charge < -0.3 is 14.8 Å². The van der Waals surface area contributed by atoms with Crippen LogP contribution in [-0.4, -0.2) is 32.5 Å². The van der Waals surface area contributed by atoms with E-state index >= 15 is 0 Å². The first-order chi connectivity index (χ1) is 7.34. The molecule has 0 saturated carbocycles. The number of hydrogen-bond donors (Lipinski definition) is 1. The number of hydrogen-bond acceptors (Lipinski definition) is 4. The average molecular weight is 227 g/mol. The molecular weight excluding hydrogens is 210 g/mol. The SMILES string of the molecule is Cc1ccc(CNCCOC2COC2)s1. The molecule has 0 spiro atoms. The van der Waals surface area contributed by atoms with Crippen LogP contribution in [0.5, 0.6) is 0 Å². The second-order valence-electron chi connectivity index (χ2n) is 3.72. The molecular formula is C11H17NO2S. The first kappa shape index (κ1) is 11.1. The molecule has 1 aliphatic heterocycles. The maximum atomic E-state index is 5.54. The van der Waals surface area contributed by atoms with E-state index in [4.69, 9.17) is 9.47 Å². The molecule has 0 unspecified atom stereocenters. The Labute approximate surface area is 94.4 Å². The summed E-state index contributed by atoms with van der Waals surface area (Å²) in [5.41, 5.74) is 0. The third kappa shape index (κ3) is 3.57. The van der Waals surface area contributed by atoms with Crippen LogP contribution >= 0.6 is 11.3 Å². The fourth-order valence-corrected chi connectivity index (χ4v) is 2.26. The molecule has 4 heteroatoms. The summed E-state index contributed by atoms with van der Waals surface area (Å²) < 4.78 is 10.6. The van der Waals surface area contributed by atoms with Crippen molar-refractivity contribution in [1.29, 1.82) is 0 Å². The molecule has 0 atom stereocenters. The highest BCUT2D eigenvalue weighted by Gasteiger charge is 2.17. The zero-order valence-electron chi connectivity index (χ0n) is 8.99. The molecule has 0 aliphatic carbocycles. The van der Waals surface area contributed by atoms with E-state index in [-0.39, 0.29) is 0 Å². The topological polar surface area (TPSA) is 30.5 Å². The van der Waals surface area contributed by atoms with Gasteiger partial charge in [-0.2, -0.15) is 0 Å². The van der Waals surface area contributed by atoms with E-state index in [1.807, 2.05) is 11.3 Å². The highest BCUT2D eigenvalue weighted by atomic mass is 32.1. The molecule has 15 heavy (non-hydrogen) atoms. The van der Waals surface area contributed by atoms with Crippen LogP contribution in [0.3, 0.4) is 0 Å². The predicted octanol–water partition coefficient (Wildman–Crippen LogP) is 1.56. The van der Waals surface area contributed by atoms with Crippen molar-refractivity contribution in [2.24, 2.45) is 0 Å². The van der Waals surface area contributed by atoms with Gasteiger partial charge in [0.25, 0.3) is 0 Å². The van der Waals surface area contributed by atoms with Crippen LogP contribution in [0, 0.1) is 6.92 Å². The first-order valence-corrected chi connectivity index (χ1v) is 6.11. The van der Waals surface area contributed by atoms with Crippen molar-refractivity contribution >= 4 is 11.3 Å².